The Balaban J connectivity index is 1.81. The molecule has 1 aliphatic heterocycles. The van der Waals surface area contributed by atoms with Crippen LogP contribution < -0.4 is 4.90 Å². The van der Waals surface area contributed by atoms with Crippen LogP contribution in [-0.2, 0) is 24.2 Å². The maximum Gasteiger partial charge on any atom is 0.225 e. The van der Waals surface area contributed by atoms with E-state index < -0.39 is 0 Å². The van der Waals surface area contributed by atoms with Gasteiger partial charge >= 0.3 is 0 Å². The highest BCUT2D eigenvalue weighted by Crippen LogP contribution is 2.35. The zero-order valence-electron chi connectivity index (χ0n) is 14.1. The molecular formula is C19H23N3O2. The Hall–Kier alpha value is -1.98. The molecule has 0 radical (unpaired) electrons. The highest BCUT2D eigenvalue weighted by Gasteiger charge is 2.22. The van der Waals surface area contributed by atoms with Gasteiger partial charge < -0.3 is 14.7 Å². The lowest BCUT2D eigenvalue weighted by molar-refractivity contribution is 0.122. The van der Waals surface area contributed by atoms with Crippen LogP contribution in [-0.4, -0.2) is 41.4 Å². The van der Waals surface area contributed by atoms with E-state index in [1.165, 1.54) is 11.1 Å². The Kier molecular flexibility index (Phi) is 4.21. The van der Waals surface area contributed by atoms with Crippen molar-refractivity contribution in [1.82, 2.24) is 9.97 Å². The summed E-state index contributed by atoms with van der Waals surface area (Å²) in [5.74, 6) is 0.830. The number of rotatable bonds is 2. The van der Waals surface area contributed by atoms with Crippen molar-refractivity contribution in [1.29, 1.82) is 0 Å². The SMILES string of the molecule is Cc1nc(N2CCOCC2)nc2c1-c1cc(CO)ccc1CCC2. The minimum atomic E-state index is 0.0639. The molecule has 0 saturated carbocycles. The molecule has 0 unspecified atom stereocenters. The van der Waals surface area contributed by atoms with E-state index in [-0.39, 0.29) is 6.61 Å². The van der Waals surface area contributed by atoms with Gasteiger partial charge in [-0.05, 0) is 48.9 Å². The number of nitrogens with zero attached hydrogens (tertiary/aromatic N) is 3. The van der Waals surface area contributed by atoms with Gasteiger partial charge in [0.1, 0.15) is 0 Å². The minimum Gasteiger partial charge on any atom is -0.392 e. The van der Waals surface area contributed by atoms with Gasteiger partial charge in [-0.1, -0.05) is 12.1 Å². The van der Waals surface area contributed by atoms with Crippen LogP contribution in [0.5, 0.6) is 0 Å². The largest absolute Gasteiger partial charge is 0.392 e. The molecule has 5 heteroatoms. The Bertz CT molecular complexity index is 755. The van der Waals surface area contributed by atoms with Crippen LogP contribution >= 0.6 is 0 Å². The van der Waals surface area contributed by atoms with E-state index >= 15 is 0 Å². The van der Waals surface area contributed by atoms with Gasteiger partial charge in [0, 0.05) is 18.7 Å². The molecule has 1 aromatic heterocycles. The molecule has 5 nitrogen and oxygen atoms in total. The zero-order valence-corrected chi connectivity index (χ0v) is 14.1. The van der Waals surface area contributed by atoms with Crippen LogP contribution in [0.15, 0.2) is 18.2 Å². The first kappa shape index (κ1) is 15.5. The number of aromatic nitrogens is 2. The van der Waals surface area contributed by atoms with E-state index in [2.05, 4.69) is 24.0 Å². The van der Waals surface area contributed by atoms with Crippen LogP contribution in [0.2, 0.25) is 0 Å². The number of aryl methyl sites for hydroxylation is 3. The van der Waals surface area contributed by atoms with Crippen molar-refractivity contribution >= 4 is 5.95 Å². The first-order chi connectivity index (χ1) is 11.8. The van der Waals surface area contributed by atoms with Crippen molar-refractivity contribution in [3.8, 4) is 11.1 Å². The standard InChI is InChI=1S/C19H23N3O2/c1-13-18-16-11-14(12-23)5-6-15(16)3-2-4-17(18)21-19(20-13)22-7-9-24-10-8-22/h5-6,11,23H,2-4,7-10,12H2,1H3. The Labute approximate surface area is 142 Å². The first-order valence-electron chi connectivity index (χ1n) is 8.69. The third-order valence-electron chi connectivity index (χ3n) is 4.93. The summed E-state index contributed by atoms with van der Waals surface area (Å²) >= 11 is 0. The molecule has 0 amide bonds. The minimum absolute atomic E-state index is 0.0639. The predicted octanol–water partition coefficient (Wildman–Crippen LogP) is 2.27. The van der Waals surface area contributed by atoms with E-state index in [0.717, 1.165) is 74.0 Å². The van der Waals surface area contributed by atoms with E-state index in [0.29, 0.717) is 0 Å². The maximum atomic E-state index is 9.49. The van der Waals surface area contributed by atoms with Crippen LogP contribution in [0.3, 0.4) is 0 Å². The number of aliphatic hydroxyl groups is 1. The molecule has 1 aliphatic carbocycles. The fourth-order valence-electron chi connectivity index (χ4n) is 3.67. The van der Waals surface area contributed by atoms with Gasteiger partial charge in [-0.25, -0.2) is 9.97 Å². The molecule has 0 spiro atoms. The third-order valence-corrected chi connectivity index (χ3v) is 4.93. The molecular weight excluding hydrogens is 302 g/mol. The average molecular weight is 325 g/mol. The highest BCUT2D eigenvalue weighted by molar-refractivity contribution is 5.74. The summed E-state index contributed by atoms with van der Waals surface area (Å²) in [5, 5.41) is 9.49. The number of ether oxygens (including phenoxy) is 1. The predicted molar refractivity (Wildman–Crippen MR) is 93.2 cm³/mol. The summed E-state index contributed by atoms with van der Waals surface area (Å²) in [6, 6.07) is 6.26. The Morgan fingerprint density at radius 3 is 2.79 bits per heavy atom. The molecule has 1 N–H and O–H groups in total. The fourth-order valence-corrected chi connectivity index (χ4v) is 3.67. The van der Waals surface area contributed by atoms with E-state index in [1.54, 1.807) is 0 Å². The number of hydrogen-bond acceptors (Lipinski definition) is 5. The van der Waals surface area contributed by atoms with Crippen LogP contribution in [0, 0.1) is 6.92 Å². The number of fused-ring (bicyclic) bond motifs is 3. The van der Waals surface area contributed by atoms with E-state index in [9.17, 15) is 5.11 Å². The van der Waals surface area contributed by atoms with Crippen molar-refractivity contribution in [3.63, 3.8) is 0 Å². The zero-order chi connectivity index (χ0) is 16.5. The van der Waals surface area contributed by atoms with Crippen molar-refractivity contribution in [2.45, 2.75) is 32.8 Å². The van der Waals surface area contributed by atoms with Gasteiger partial charge in [-0.3, -0.25) is 0 Å². The lowest BCUT2D eigenvalue weighted by Gasteiger charge is -2.28. The molecule has 126 valence electrons. The molecule has 2 aliphatic rings. The number of hydrogen-bond donors (Lipinski definition) is 1. The van der Waals surface area contributed by atoms with Gasteiger partial charge in [0.25, 0.3) is 0 Å². The summed E-state index contributed by atoms with van der Waals surface area (Å²) in [6.07, 6.45) is 3.11. The van der Waals surface area contributed by atoms with E-state index in [1.807, 2.05) is 6.07 Å². The van der Waals surface area contributed by atoms with Crippen molar-refractivity contribution in [3.05, 3.63) is 40.7 Å². The van der Waals surface area contributed by atoms with Gasteiger partial charge in [0.2, 0.25) is 5.95 Å². The number of aliphatic hydroxyl groups excluding tert-OH is 1. The lowest BCUT2D eigenvalue weighted by Crippen LogP contribution is -2.37. The summed E-state index contributed by atoms with van der Waals surface area (Å²) in [6.45, 7) is 5.32. The molecule has 1 aromatic carbocycles. The highest BCUT2D eigenvalue weighted by atomic mass is 16.5. The summed E-state index contributed by atoms with van der Waals surface area (Å²) < 4.78 is 5.44. The second-order valence-corrected chi connectivity index (χ2v) is 6.53. The number of anilines is 1. The molecule has 0 atom stereocenters. The van der Waals surface area contributed by atoms with Gasteiger partial charge in [-0.15, -0.1) is 0 Å². The van der Waals surface area contributed by atoms with Crippen LogP contribution in [0.1, 0.15) is 28.9 Å². The smallest absolute Gasteiger partial charge is 0.225 e. The molecule has 4 rings (SSSR count). The van der Waals surface area contributed by atoms with Crippen LogP contribution in [0.25, 0.3) is 11.1 Å². The molecule has 1 saturated heterocycles. The second-order valence-electron chi connectivity index (χ2n) is 6.53. The molecule has 0 bridgehead atoms. The van der Waals surface area contributed by atoms with Gasteiger partial charge in [-0.2, -0.15) is 0 Å². The second kappa shape index (κ2) is 6.49. The normalized spacial score (nSPS) is 17.2. The summed E-state index contributed by atoms with van der Waals surface area (Å²) in [5.41, 5.74) is 6.79. The fraction of sp³-hybridized carbons (Fsp3) is 0.474. The molecule has 2 aromatic rings. The van der Waals surface area contributed by atoms with Gasteiger partial charge in [0.05, 0.1) is 31.2 Å². The average Bonchev–Trinajstić information content (AvgIpc) is 2.81. The number of benzene rings is 1. The Morgan fingerprint density at radius 2 is 2.00 bits per heavy atom. The topological polar surface area (TPSA) is 58.5 Å². The number of morpholine rings is 1. The molecule has 2 heterocycles. The summed E-state index contributed by atoms with van der Waals surface area (Å²) in [4.78, 5) is 11.9. The lowest BCUT2D eigenvalue weighted by atomic mass is 9.96. The van der Waals surface area contributed by atoms with E-state index in [4.69, 9.17) is 14.7 Å². The van der Waals surface area contributed by atoms with Crippen molar-refractivity contribution in [2.75, 3.05) is 31.2 Å². The quantitative estimate of drug-likeness (QED) is 0.918. The van der Waals surface area contributed by atoms with Crippen molar-refractivity contribution < 1.29 is 9.84 Å². The molecule has 24 heavy (non-hydrogen) atoms. The molecule has 1 fully saturated rings. The Morgan fingerprint density at radius 1 is 1.17 bits per heavy atom. The van der Waals surface area contributed by atoms with Gasteiger partial charge in [0.15, 0.2) is 0 Å². The maximum absolute atomic E-state index is 9.49. The third kappa shape index (κ3) is 2.78. The van der Waals surface area contributed by atoms with Crippen molar-refractivity contribution in [2.24, 2.45) is 0 Å². The van der Waals surface area contributed by atoms with Crippen LogP contribution in [0.4, 0.5) is 5.95 Å². The monoisotopic (exact) mass is 325 g/mol. The summed E-state index contributed by atoms with van der Waals surface area (Å²) in [7, 11) is 0. The first-order valence-corrected chi connectivity index (χ1v) is 8.69.